The standard InChI is InChI=1S/C16H14BrNO3/c1-9-6-7-13(20-9)10(2)18-16(19)14-8-11-4-3-5-12(17)15(11)21-14/h3-8,10H,1-2H3,(H,18,19). The zero-order chi connectivity index (χ0) is 15.0. The third-order valence-corrected chi connectivity index (χ3v) is 3.88. The summed E-state index contributed by atoms with van der Waals surface area (Å²) in [5.74, 6) is 1.56. The Balaban J connectivity index is 1.82. The Morgan fingerprint density at radius 2 is 2.05 bits per heavy atom. The molecule has 1 atom stereocenters. The third-order valence-electron chi connectivity index (χ3n) is 3.26. The quantitative estimate of drug-likeness (QED) is 0.753. The van der Waals surface area contributed by atoms with Crippen molar-refractivity contribution in [2.45, 2.75) is 19.9 Å². The number of hydrogen-bond acceptors (Lipinski definition) is 3. The van der Waals surface area contributed by atoms with Gasteiger partial charge in [-0.05, 0) is 54.0 Å². The van der Waals surface area contributed by atoms with Gasteiger partial charge in [-0.2, -0.15) is 0 Å². The molecule has 4 nitrogen and oxygen atoms in total. The van der Waals surface area contributed by atoms with Crippen LogP contribution in [0.2, 0.25) is 0 Å². The number of halogens is 1. The molecule has 3 rings (SSSR count). The van der Waals surface area contributed by atoms with E-state index in [-0.39, 0.29) is 17.7 Å². The van der Waals surface area contributed by atoms with Crippen molar-refractivity contribution in [3.05, 3.63) is 58.2 Å². The number of benzene rings is 1. The Labute approximate surface area is 130 Å². The fraction of sp³-hybridized carbons (Fsp3) is 0.188. The van der Waals surface area contributed by atoms with Gasteiger partial charge in [0.2, 0.25) is 0 Å². The highest BCUT2D eigenvalue weighted by molar-refractivity contribution is 9.10. The minimum atomic E-state index is -0.264. The molecule has 0 bridgehead atoms. The maximum Gasteiger partial charge on any atom is 0.287 e. The molecule has 0 radical (unpaired) electrons. The van der Waals surface area contributed by atoms with Gasteiger partial charge in [0.1, 0.15) is 17.1 Å². The summed E-state index contributed by atoms with van der Waals surface area (Å²) in [6, 6.07) is 10.9. The van der Waals surface area contributed by atoms with E-state index in [0.29, 0.717) is 5.58 Å². The smallest absolute Gasteiger partial charge is 0.287 e. The molecule has 1 aromatic carbocycles. The normalized spacial score (nSPS) is 12.5. The highest BCUT2D eigenvalue weighted by atomic mass is 79.9. The molecule has 0 aliphatic heterocycles. The number of aryl methyl sites for hydroxylation is 1. The van der Waals surface area contributed by atoms with Crippen LogP contribution in [-0.4, -0.2) is 5.91 Å². The zero-order valence-electron chi connectivity index (χ0n) is 11.6. The van der Waals surface area contributed by atoms with Crippen LogP contribution >= 0.6 is 15.9 Å². The van der Waals surface area contributed by atoms with Crippen molar-refractivity contribution in [3.8, 4) is 0 Å². The monoisotopic (exact) mass is 347 g/mol. The number of nitrogens with one attached hydrogen (secondary N) is 1. The molecule has 0 fully saturated rings. The summed E-state index contributed by atoms with van der Waals surface area (Å²) >= 11 is 3.41. The Bertz CT molecular complexity index is 803. The van der Waals surface area contributed by atoms with E-state index in [1.807, 2.05) is 44.2 Å². The van der Waals surface area contributed by atoms with Gasteiger partial charge in [-0.3, -0.25) is 4.79 Å². The summed E-state index contributed by atoms with van der Waals surface area (Å²) in [7, 11) is 0. The molecule has 2 heterocycles. The number of hydrogen-bond donors (Lipinski definition) is 1. The van der Waals surface area contributed by atoms with E-state index in [0.717, 1.165) is 21.4 Å². The largest absolute Gasteiger partial charge is 0.464 e. The highest BCUT2D eigenvalue weighted by Crippen LogP contribution is 2.27. The minimum absolute atomic E-state index is 0.220. The van der Waals surface area contributed by atoms with Crippen LogP contribution in [0, 0.1) is 6.92 Å². The van der Waals surface area contributed by atoms with Crippen molar-refractivity contribution in [2.75, 3.05) is 0 Å². The lowest BCUT2D eigenvalue weighted by atomic mass is 10.2. The molecule has 0 aliphatic rings. The SMILES string of the molecule is Cc1ccc(C(C)NC(=O)c2cc3cccc(Br)c3o2)o1. The first-order valence-electron chi connectivity index (χ1n) is 6.60. The van der Waals surface area contributed by atoms with E-state index < -0.39 is 0 Å². The molecular weight excluding hydrogens is 334 g/mol. The van der Waals surface area contributed by atoms with E-state index in [1.165, 1.54) is 0 Å². The predicted molar refractivity (Wildman–Crippen MR) is 83.2 cm³/mol. The fourth-order valence-electron chi connectivity index (χ4n) is 2.16. The van der Waals surface area contributed by atoms with Crippen LogP contribution in [0.1, 0.15) is 35.0 Å². The van der Waals surface area contributed by atoms with Crippen molar-refractivity contribution in [2.24, 2.45) is 0 Å². The average molecular weight is 348 g/mol. The molecule has 5 heteroatoms. The molecular formula is C16H14BrNO3. The van der Waals surface area contributed by atoms with Crippen LogP contribution in [0.4, 0.5) is 0 Å². The maximum atomic E-state index is 12.3. The number of amides is 1. The second-order valence-corrected chi connectivity index (χ2v) is 5.77. The Hall–Kier alpha value is -2.01. The minimum Gasteiger partial charge on any atom is -0.464 e. The van der Waals surface area contributed by atoms with Crippen molar-refractivity contribution in [1.82, 2.24) is 5.32 Å². The lowest BCUT2D eigenvalue weighted by Crippen LogP contribution is -2.25. The summed E-state index contributed by atoms with van der Waals surface area (Å²) in [5, 5.41) is 3.75. The summed E-state index contributed by atoms with van der Waals surface area (Å²) < 4.78 is 11.9. The van der Waals surface area contributed by atoms with E-state index in [9.17, 15) is 4.79 Å². The van der Waals surface area contributed by atoms with Crippen LogP contribution in [0.3, 0.4) is 0 Å². The van der Waals surface area contributed by atoms with E-state index >= 15 is 0 Å². The van der Waals surface area contributed by atoms with Crippen molar-refractivity contribution in [3.63, 3.8) is 0 Å². The second-order valence-electron chi connectivity index (χ2n) is 4.91. The third kappa shape index (κ3) is 2.74. The summed E-state index contributed by atoms with van der Waals surface area (Å²) in [6.07, 6.45) is 0. The zero-order valence-corrected chi connectivity index (χ0v) is 13.2. The first kappa shape index (κ1) is 13.9. The summed E-state index contributed by atoms with van der Waals surface area (Å²) in [4.78, 5) is 12.3. The van der Waals surface area contributed by atoms with Gasteiger partial charge in [-0.1, -0.05) is 12.1 Å². The number of carbonyl (C=O) groups excluding carboxylic acids is 1. The van der Waals surface area contributed by atoms with Gasteiger partial charge < -0.3 is 14.2 Å². The van der Waals surface area contributed by atoms with E-state index in [1.54, 1.807) is 6.07 Å². The van der Waals surface area contributed by atoms with Crippen LogP contribution < -0.4 is 5.32 Å². The molecule has 1 amide bonds. The molecule has 0 saturated heterocycles. The molecule has 108 valence electrons. The Morgan fingerprint density at radius 1 is 1.24 bits per heavy atom. The second kappa shape index (κ2) is 5.41. The fourth-order valence-corrected chi connectivity index (χ4v) is 2.63. The van der Waals surface area contributed by atoms with Crippen molar-refractivity contribution < 1.29 is 13.6 Å². The van der Waals surface area contributed by atoms with Gasteiger partial charge in [-0.15, -0.1) is 0 Å². The molecule has 0 saturated carbocycles. The molecule has 0 spiro atoms. The molecule has 21 heavy (non-hydrogen) atoms. The lowest BCUT2D eigenvalue weighted by Gasteiger charge is -2.09. The van der Waals surface area contributed by atoms with E-state index in [4.69, 9.17) is 8.83 Å². The number of para-hydroxylation sites is 1. The number of fused-ring (bicyclic) bond motifs is 1. The van der Waals surface area contributed by atoms with Gasteiger partial charge in [-0.25, -0.2) is 0 Å². The number of carbonyl (C=O) groups is 1. The predicted octanol–water partition coefficient (Wildman–Crippen LogP) is 4.59. The first-order valence-corrected chi connectivity index (χ1v) is 7.39. The number of rotatable bonds is 3. The summed E-state index contributed by atoms with van der Waals surface area (Å²) in [6.45, 7) is 3.74. The average Bonchev–Trinajstić information content (AvgIpc) is 3.05. The molecule has 1 unspecified atom stereocenters. The van der Waals surface area contributed by atoms with Crippen LogP contribution in [0.15, 0.2) is 49.7 Å². The number of furan rings is 2. The molecule has 0 aliphatic carbocycles. The van der Waals surface area contributed by atoms with Gasteiger partial charge in [0.25, 0.3) is 5.91 Å². The van der Waals surface area contributed by atoms with Crippen LogP contribution in [0.5, 0.6) is 0 Å². The van der Waals surface area contributed by atoms with Gasteiger partial charge in [0.05, 0.1) is 10.5 Å². The summed E-state index contributed by atoms with van der Waals surface area (Å²) in [5.41, 5.74) is 0.671. The topological polar surface area (TPSA) is 55.4 Å². The van der Waals surface area contributed by atoms with Crippen LogP contribution in [-0.2, 0) is 0 Å². The lowest BCUT2D eigenvalue weighted by molar-refractivity contribution is 0.0909. The van der Waals surface area contributed by atoms with Gasteiger partial charge in [0.15, 0.2) is 5.76 Å². The highest BCUT2D eigenvalue weighted by Gasteiger charge is 2.18. The Morgan fingerprint density at radius 3 is 2.71 bits per heavy atom. The van der Waals surface area contributed by atoms with E-state index in [2.05, 4.69) is 21.2 Å². The van der Waals surface area contributed by atoms with Crippen molar-refractivity contribution in [1.29, 1.82) is 0 Å². The van der Waals surface area contributed by atoms with Crippen molar-refractivity contribution >= 4 is 32.8 Å². The Kier molecular flexibility index (Phi) is 3.59. The molecule has 2 aromatic heterocycles. The first-order chi connectivity index (χ1) is 10.0. The van der Waals surface area contributed by atoms with Gasteiger partial charge in [0, 0.05) is 5.39 Å². The maximum absolute atomic E-state index is 12.3. The molecule has 3 aromatic rings. The van der Waals surface area contributed by atoms with Crippen LogP contribution in [0.25, 0.3) is 11.0 Å². The molecule has 1 N–H and O–H groups in total. The van der Waals surface area contributed by atoms with Gasteiger partial charge >= 0.3 is 0 Å².